The molecule has 0 saturated carbocycles. The maximum atomic E-state index is 12.2. The van der Waals surface area contributed by atoms with Crippen molar-refractivity contribution in [3.63, 3.8) is 0 Å². The maximum absolute atomic E-state index is 12.2. The van der Waals surface area contributed by atoms with E-state index in [0.29, 0.717) is 0 Å². The maximum Gasteiger partial charge on any atom is 0.313 e. The van der Waals surface area contributed by atoms with E-state index in [0.717, 1.165) is 42.5 Å². The van der Waals surface area contributed by atoms with E-state index in [1.54, 1.807) is 0 Å². The number of hydrogen-bond donors (Lipinski definition) is 1. The van der Waals surface area contributed by atoms with Crippen LogP contribution in [0.25, 0.3) is 10.9 Å². The van der Waals surface area contributed by atoms with E-state index < -0.39 is 0 Å². The molecule has 1 aromatic heterocycles. The van der Waals surface area contributed by atoms with Crippen LogP contribution in [0.15, 0.2) is 30.5 Å². The summed E-state index contributed by atoms with van der Waals surface area (Å²) >= 11 is 0. The number of methoxy groups -OCH3 is 1. The number of aromatic nitrogens is 1. The highest BCUT2D eigenvalue weighted by molar-refractivity contribution is 5.84. The normalized spacial score (nSPS) is 17.5. The van der Waals surface area contributed by atoms with Gasteiger partial charge in [0.15, 0.2) is 0 Å². The van der Waals surface area contributed by atoms with Crippen molar-refractivity contribution in [3.05, 3.63) is 36.0 Å². The molecule has 1 aliphatic rings. The van der Waals surface area contributed by atoms with Gasteiger partial charge in [0, 0.05) is 11.7 Å². The molecule has 1 aliphatic heterocycles. The second-order valence-electron chi connectivity index (χ2n) is 6.09. The summed E-state index contributed by atoms with van der Waals surface area (Å²) < 4.78 is 5.03. The molecule has 1 unspecified atom stereocenters. The summed E-state index contributed by atoms with van der Waals surface area (Å²) in [6.45, 7) is 3.28. The first-order chi connectivity index (χ1) is 10.8. The molecule has 0 aliphatic carbocycles. The van der Waals surface area contributed by atoms with Crippen molar-refractivity contribution in [1.82, 2.24) is 9.88 Å². The summed E-state index contributed by atoms with van der Waals surface area (Å²) in [5.74, 6) is -0.307. The van der Waals surface area contributed by atoms with Gasteiger partial charge in [-0.05, 0) is 68.0 Å². The topological polar surface area (TPSA) is 45.3 Å². The van der Waals surface area contributed by atoms with Crippen LogP contribution >= 0.6 is 0 Å². The molecule has 1 fully saturated rings. The third kappa shape index (κ3) is 3.33. The molecule has 0 radical (unpaired) electrons. The highest BCUT2D eigenvalue weighted by atomic mass is 16.5. The van der Waals surface area contributed by atoms with Gasteiger partial charge >= 0.3 is 5.97 Å². The first-order valence-corrected chi connectivity index (χ1v) is 8.15. The van der Waals surface area contributed by atoms with Crippen molar-refractivity contribution in [2.75, 3.05) is 26.7 Å². The molecule has 22 heavy (non-hydrogen) atoms. The van der Waals surface area contributed by atoms with Crippen LogP contribution in [0.2, 0.25) is 0 Å². The number of fused-ring (bicyclic) bond motifs is 1. The molecular weight excluding hydrogens is 276 g/mol. The Kier molecular flexibility index (Phi) is 4.78. The van der Waals surface area contributed by atoms with E-state index in [2.05, 4.69) is 16.0 Å². The third-order valence-corrected chi connectivity index (χ3v) is 4.65. The molecule has 1 N–H and O–H groups in total. The molecule has 1 aromatic carbocycles. The lowest BCUT2D eigenvalue weighted by molar-refractivity contribution is -0.142. The minimum Gasteiger partial charge on any atom is -0.469 e. The number of hydrogen-bond acceptors (Lipinski definition) is 3. The molecular formula is C18H24N2O2. The Bertz CT molecular complexity index is 629. The predicted molar refractivity (Wildman–Crippen MR) is 88.0 cm³/mol. The minimum absolute atomic E-state index is 0.133. The fraction of sp³-hybridized carbons (Fsp3) is 0.500. The first kappa shape index (κ1) is 15.1. The van der Waals surface area contributed by atoms with Crippen molar-refractivity contribution < 1.29 is 9.53 Å². The molecule has 4 heteroatoms. The van der Waals surface area contributed by atoms with E-state index >= 15 is 0 Å². The lowest BCUT2D eigenvalue weighted by atomic mass is 9.94. The molecule has 118 valence electrons. The number of rotatable bonds is 5. The van der Waals surface area contributed by atoms with Gasteiger partial charge in [0.2, 0.25) is 0 Å². The Balaban J connectivity index is 1.74. The van der Waals surface area contributed by atoms with Crippen LogP contribution in [0.1, 0.15) is 37.2 Å². The molecule has 0 bridgehead atoms. The van der Waals surface area contributed by atoms with Crippen LogP contribution in [-0.2, 0) is 9.53 Å². The summed E-state index contributed by atoms with van der Waals surface area (Å²) in [6, 6.07) is 8.22. The number of carbonyl (C=O) groups is 1. The number of ether oxygens (including phenoxy) is 1. The lowest BCUT2D eigenvalue weighted by Crippen LogP contribution is -2.32. The monoisotopic (exact) mass is 300 g/mol. The highest BCUT2D eigenvalue weighted by Gasteiger charge is 2.23. The SMILES string of the molecule is COC(=O)C(CCN1CCCCC1)c1ccc2[nH]ccc2c1. The van der Waals surface area contributed by atoms with Gasteiger partial charge in [-0.2, -0.15) is 0 Å². The molecule has 2 aromatic rings. The van der Waals surface area contributed by atoms with Crippen LogP contribution in [0.5, 0.6) is 0 Å². The Morgan fingerprint density at radius 2 is 2.09 bits per heavy atom. The summed E-state index contributed by atoms with van der Waals surface area (Å²) in [4.78, 5) is 17.9. The van der Waals surface area contributed by atoms with E-state index in [-0.39, 0.29) is 11.9 Å². The van der Waals surface area contributed by atoms with Crippen molar-refractivity contribution in [2.24, 2.45) is 0 Å². The number of nitrogens with one attached hydrogen (secondary N) is 1. The number of nitrogens with zero attached hydrogens (tertiary/aromatic N) is 1. The Morgan fingerprint density at radius 3 is 2.86 bits per heavy atom. The number of piperidine rings is 1. The van der Waals surface area contributed by atoms with Gasteiger partial charge in [0.25, 0.3) is 0 Å². The van der Waals surface area contributed by atoms with Gasteiger partial charge in [0.1, 0.15) is 0 Å². The number of likely N-dealkylation sites (tertiary alicyclic amines) is 1. The van der Waals surface area contributed by atoms with Gasteiger partial charge < -0.3 is 14.6 Å². The minimum atomic E-state index is -0.175. The van der Waals surface area contributed by atoms with Gasteiger partial charge in [-0.15, -0.1) is 0 Å². The van der Waals surface area contributed by atoms with Gasteiger partial charge in [-0.1, -0.05) is 12.5 Å². The van der Waals surface area contributed by atoms with Gasteiger partial charge in [-0.25, -0.2) is 0 Å². The van der Waals surface area contributed by atoms with E-state index in [1.807, 2.05) is 24.4 Å². The van der Waals surface area contributed by atoms with Gasteiger partial charge in [0.05, 0.1) is 13.0 Å². The standard InChI is InChI=1S/C18H24N2O2/c1-22-18(21)16(8-12-20-10-3-2-4-11-20)14-5-6-17-15(13-14)7-9-19-17/h5-7,9,13,16,19H,2-4,8,10-12H2,1H3. The summed E-state index contributed by atoms with van der Waals surface area (Å²) in [6.07, 6.45) is 6.63. The first-order valence-electron chi connectivity index (χ1n) is 8.15. The van der Waals surface area contributed by atoms with Crippen molar-refractivity contribution in [1.29, 1.82) is 0 Å². The zero-order chi connectivity index (χ0) is 15.4. The van der Waals surface area contributed by atoms with E-state index in [4.69, 9.17) is 4.74 Å². The molecule has 4 nitrogen and oxygen atoms in total. The number of aromatic amines is 1. The molecule has 3 rings (SSSR count). The molecule has 2 heterocycles. The van der Waals surface area contributed by atoms with Crippen LogP contribution in [0, 0.1) is 0 Å². The summed E-state index contributed by atoms with van der Waals surface area (Å²) in [5.41, 5.74) is 2.15. The summed E-state index contributed by atoms with van der Waals surface area (Å²) in [7, 11) is 1.48. The number of H-pyrrole nitrogens is 1. The third-order valence-electron chi connectivity index (χ3n) is 4.65. The highest BCUT2D eigenvalue weighted by Crippen LogP contribution is 2.26. The average molecular weight is 300 g/mol. The zero-order valence-electron chi connectivity index (χ0n) is 13.2. The molecule has 1 saturated heterocycles. The Hall–Kier alpha value is -1.81. The predicted octanol–water partition coefficient (Wildman–Crippen LogP) is 3.30. The van der Waals surface area contributed by atoms with Crippen molar-refractivity contribution in [2.45, 2.75) is 31.6 Å². The second kappa shape index (κ2) is 6.97. The zero-order valence-corrected chi connectivity index (χ0v) is 13.2. The fourth-order valence-corrected chi connectivity index (χ4v) is 3.35. The summed E-state index contributed by atoms with van der Waals surface area (Å²) in [5, 5.41) is 1.14. The molecule has 1 atom stereocenters. The van der Waals surface area contributed by atoms with Crippen molar-refractivity contribution in [3.8, 4) is 0 Å². The van der Waals surface area contributed by atoms with Gasteiger partial charge in [-0.3, -0.25) is 4.79 Å². The smallest absolute Gasteiger partial charge is 0.313 e. The average Bonchev–Trinajstić information content (AvgIpc) is 3.03. The van der Waals surface area contributed by atoms with E-state index in [9.17, 15) is 4.79 Å². The quantitative estimate of drug-likeness (QED) is 0.862. The van der Waals surface area contributed by atoms with Crippen molar-refractivity contribution >= 4 is 16.9 Å². The Labute approximate surface area is 131 Å². The number of esters is 1. The Morgan fingerprint density at radius 1 is 1.27 bits per heavy atom. The van der Waals surface area contributed by atoms with Crippen LogP contribution < -0.4 is 0 Å². The lowest BCUT2D eigenvalue weighted by Gasteiger charge is -2.27. The van der Waals surface area contributed by atoms with Crippen LogP contribution in [-0.4, -0.2) is 42.6 Å². The second-order valence-corrected chi connectivity index (χ2v) is 6.09. The fourth-order valence-electron chi connectivity index (χ4n) is 3.35. The number of benzene rings is 1. The van der Waals surface area contributed by atoms with Crippen LogP contribution in [0.3, 0.4) is 0 Å². The number of carbonyl (C=O) groups excluding carboxylic acids is 1. The van der Waals surface area contributed by atoms with Crippen LogP contribution in [0.4, 0.5) is 0 Å². The van der Waals surface area contributed by atoms with E-state index in [1.165, 1.54) is 26.4 Å². The molecule has 0 amide bonds. The molecule has 0 spiro atoms. The largest absolute Gasteiger partial charge is 0.469 e.